The Kier molecular flexibility index (Phi) is 6.56. The second-order valence-electron chi connectivity index (χ2n) is 7.62. The summed E-state index contributed by atoms with van der Waals surface area (Å²) in [7, 11) is 2.82. The number of alkyl halides is 3. The van der Waals surface area contributed by atoms with Crippen molar-refractivity contribution in [3.05, 3.63) is 68.0 Å². The number of esters is 1. The van der Waals surface area contributed by atoms with Gasteiger partial charge in [0, 0.05) is 38.8 Å². The molecule has 2 heterocycles. The molecule has 0 unspecified atom stereocenters. The van der Waals surface area contributed by atoms with Gasteiger partial charge in [-0.3, -0.25) is 23.5 Å². The lowest BCUT2D eigenvalue weighted by molar-refractivity contribution is -0.151. The third-order valence-corrected chi connectivity index (χ3v) is 5.56. The normalized spacial score (nSPS) is 15.0. The molecule has 1 saturated heterocycles. The summed E-state index contributed by atoms with van der Waals surface area (Å²) in [6, 6.07) is 5.23. The van der Waals surface area contributed by atoms with Crippen LogP contribution >= 0.6 is 0 Å². The van der Waals surface area contributed by atoms with Crippen LogP contribution in [0.15, 0.2) is 39.9 Å². The second-order valence-corrected chi connectivity index (χ2v) is 7.62. The Hall–Kier alpha value is -3.37. The highest BCUT2D eigenvalue weighted by atomic mass is 19.4. The predicted octanol–water partition coefficient (Wildman–Crippen LogP) is 1.70. The van der Waals surface area contributed by atoms with Crippen molar-refractivity contribution >= 4 is 11.9 Å². The number of rotatable bonds is 4. The van der Waals surface area contributed by atoms with Gasteiger partial charge >= 0.3 is 17.8 Å². The maximum atomic E-state index is 12.7. The third kappa shape index (κ3) is 4.92. The Bertz CT molecular complexity index is 1130. The van der Waals surface area contributed by atoms with E-state index in [0.717, 1.165) is 28.8 Å². The fourth-order valence-corrected chi connectivity index (χ4v) is 3.48. The number of carbonyl (C=O) groups excluding carboxylic acids is 2. The zero-order chi connectivity index (χ0) is 23.6. The van der Waals surface area contributed by atoms with Crippen molar-refractivity contribution in [2.24, 2.45) is 20.0 Å². The van der Waals surface area contributed by atoms with Crippen LogP contribution in [0.2, 0.25) is 0 Å². The molecule has 32 heavy (non-hydrogen) atoms. The number of piperidine rings is 1. The molecule has 1 aromatic heterocycles. The van der Waals surface area contributed by atoms with Crippen molar-refractivity contribution < 1.29 is 27.5 Å². The maximum absolute atomic E-state index is 12.7. The lowest BCUT2D eigenvalue weighted by Gasteiger charge is -2.31. The van der Waals surface area contributed by atoms with E-state index >= 15 is 0 Å². The van der Waals surface area contributed by atoms with E-state index in [9.17, 15) is 32.3 Å². The van der Waals surface area contributed by atoms with Crippen molar-refractivity contribution in [2.75, 3.05) is 13.1 Å². The first-order chi connectivity index (χ1) is 15.0. The van der Waals surface area contributed by atoms with Crippen molar-refractivity contribution in [3.8, 4) is 0 Å². The molecule has 0 aliphatic carbocycles. The standard InChI is InChI=1S/C21H22F3N3O5/c1-25-16(11-17(28)26(2)20(25)31)12-32-19(30)14-7-9-27(10-8-14)18(29)13-3-5-15(6-4-13)21(22,23)24/h3-6,11,14H,7-10,12H2,1-2H3. The number of halogens is 3. The zero-order valence-electron chi connectivity index (χ0n) is 17.5. The molecule has 1 fully saturated rings. The van der Waals surface area contributed by atoms with Crippen LogP contribution in [-0.4, -0.2) is 39.0 Å². The van der Waals surface area contributed by atoms with E-state index in [0.29, 0.717) is 12.8 Å². The van der Waals surface area contributed by atoms with Crippen molar-refractivity contribution in [1.29, 1.82) is 0 Å². The lowest BCUT2D eigenvalue weighted by atomic mass is 9.96. The highest BCUT2D eigenvalue weighted by Crippen LogP contribution is 2.29. The van der Waals surface area contributed by atoms with E-state index in [1.165, 1.54) is 29.6 Å². The Labute approximate surface area is 180 Å². The number of benzene rings is 1. The van der Waals surface area contributed by atoms with Gasteiger partial charge < -0.3 is 9.64 Å². The van der Waals surface area contributed by atoms with Gasteiger partial charge in [-0.2, -0.15) is 13.2 Å². The van der Waals surface area contributed by atoms with Crippen LogP contribution in [-0.2, 0) is 36.4 Å². The fourth-order valence-electron chi connectivity index (χ4n) is 3.48. The molecule has 2 aromatic rings. The molecule has 1 amide bonds. The summed E-state index contributed by atoms with van der Waals surface area (Å²) < 4.78 is 45.4. The van der Waals surface area contributed by atoms with Gasteiger partial charge in [0.2, 0.25) is 0 Å². The Morgan fingerprint density at radius 1 is 1.03 bits per heavy atom. The molecular formula is C21H22F3N3O5. The number of amides is 1. The summed E-state index contributed by atoms with van der Waals surface area (Å²) in [5.74, 6) is -1.37. The minimum absolute atomic E-state index is 0.144. The van der Waals surface area contributed by atoms with Gasteiger partial charge in [0.15, 0.2) is 0 Å². The van der Waals surface area contributed by atoms with E-state index in [4.69, 9.17) is 4.74 Å². The van der Waals surface area contributed by atoms with Crippen LogP contribution in [0.5, 0.6) is 0 Å². The number of ether oxygens (including phenoxy) is 1. The van der Waals surface area contributed by atoms with Crippen molar-refractivity contribution in [2.45, 2.75) is 25.6 Å². The summed E-state index contributed by atoms with van der Waals surface area (Å²) in [6.45, 7) is 0.277. The van der Waals surface area contributed by atoms with Crippen molar-refractivity contribution in [3.63, 3.8) is 0 Å². The van der Waals surface area contributed by atoms with Crippen LogP contribution in [0.3, 0.4) is 0 Å². The molecule has 3 rings (SSSR count). The van der Waals surface area contributed by atoms with Gasteiger partial charge in [-0.15, -0.1) is 0 Å². The smallest absolute Gasteiger partial charge is 0.416 e. The summed E-state index contributed by atoms with van der Waals surface area (Å²) in [5.41, 5.74) is -1.45. The minimum Gasteiger partial charge on any atom is -0.459 e. The van der Waals surface area contributed by atoms with Crippen LogP contribution < -0.4 is 11.2 Å². The number of nitrogens with zero attached hydrogens (tertiary/aromatic N) is 3. The fraction of sp³-hybridized carbons (Fsp3) is 0.429. The second kappa shape index (κ2) is 9.01. The Balaban J connectivity index is 1.55. The van der Waals surface area contributed by atoms with Gasteiger partial charge in [0.1, 0.15) is 6.61 Å². The first-order valence-corrected chi connectivity index (χ1v) is 9.88. The summed E-state index contributed by atoms with van der Waals surface area (Å²) in [4.78, 5) is 50.1. The number of hydrogen-bond donors (Lipinski definition) is 0. The zero-order valence-corrected chi connectivity index (χ0v) is 17.5. The average molecular weight is 453 g/mol. The quantitative estimate of drug-likeness (QED) is 0.658. The highest BCUT2D eigenvalue weighted by molar-refractivity contribution is 5.94. The minimum atomic E-state index is -4.47. The SMILES string of the molecule is Cn1c(COC(=O)C2CCN(C(=O)c3ccc(C(F)(F)F)cc3)CC2)cc(=O)n(C)c1=O. The Morgan fingerprint density at radius 2 is 1.62 bits per heavy atom. The van der Waals surface area contributed by atoms with Gasteiger partial charge in [-0.25, -0.2) is 4.79 Å². The molecule has 1 aliphatic rings. The largest absolute Gasteiger partial charge is 0.459 e. The van der Waals surface area contributed by atoms with Gasteiger partial charge in [0.05, 0.1) is 17.2 Å². The summed E-state index contributed by atoms with van der Waals surface area (Å²) in [6.07, 6.45) is -3.80. The molecule has 0 bridgehead atoms. The number of likely N-dealkylation sites (tertiary alicyclic amines) is 1. The first-order valence-electron chi connectivity index (χ1n) is 9.88. The van der Waals surface area contributed by atoms with Crippen LogP contribution in [0.4, 0.5) is 13.2 Å². The Morgan fingerprint density at radius 3 is 2.19 bits per heavy atom. The maximum Gasteiger partial charge on any atom is 0.416 e. The molecule has 0 radical (unpaired) electrons. The van der Waals surface area contributed by atoms with Gasteiger partial charge in [-0.05, 0) is 37.1 Å². The molecule has 0 atom stereocenters. The van der Waals surface area contributed by atoms with Crippen LogP contribution in [0.25, 0.3) is 0 Å². The number of aromatic nitrogens is 2. The van der Waals surface area contributed by atoms with Gasteiger partial charge in [0.25, 0.3) is 11.5 Å². The molecule has 1 aliphatic heterocycles. The highest BCUT2D eigenvalue weighted by Gasteiger charge is 2.32. The molecule has 0 N–H and O–H groups in total. The average Bonchev–Trinajstić information content (AvgIpc) is 2.78. The van der Waals surface area contributed by atoms with E-state index in [-0.39, 0.29) is 31.0 Å². The third-order valence-electron chi connectivity index (χ3n) is 5.56. The lowest BCUT2D eigenvalue weighted by Crippen LogP contribution is -2.41. The van der Waals surface area contributed by atoms with E-state index < -0.39 is 40.8 Å². The van der Waals surface area contributed by atoms with E-state index in [1.54, 1.807) is 0 Å². The predicted molar refractivity (Wildman–Crippen MR) is 107 cm³/mol. The van der Waals surface area contributed by atoms with E-state index in [1.807, 2.05) is 0 Å². The topological polar surface area (TPSA) is 90.6 Å². The van der Waals surface area contributed by atoms with Crippen molar-refractivity contribution in [1.82, 2.24) is 14.0 Å². The van der Waals surface area contributed by atoms with E-state index in [2.05, 4.69) is 0 Å². The summed E-state index contributed by atoms with van der Waals surface area (Å²) >= 11 is 0. The summed E-state index contributed by atoms with van der Waals surface area (Å²) in [5, 5.41) is 0. The van der Waals surface area contributed by atoms with Gasteiger partial charge in [-0.1, -0.05) is 0 Å². The van der Waals surface area contributed by atoms with Crippen LogP contribution in [0.1, 0.15) is 34.5 Å². The molecule has 8 nitrogen and oxygen atoms in total. The number of hydrogen-bond acceptors (Lipinski definition) is 5. The molecule has 0 saturated carbocycles. The molecule has 1 aromatic carbocycles. The first kappa shape index (κ1) is 23.3. The monoisotopic (exact) mass is 453 g/mol. The number of carbonyl (C=O) groups is 2. The molecular weight excluding hydrogens is 431 g/mol. The molecule has 11 heteroatoms. The molecule has 172 valence electrons. The molecule has 0 spiro atoms. The van der Waals surface area contributed by atoms with Crippen LogP contribution in [0, 0.1) is 5.92 Å².